The first kappa shape index (κ1) is 19.8. The average molecular weight is 403 g/mol. The summed E-state index contributed by atoms with van der Waals surface area (Å²) in [5, 5.41) is 3.78. The lowest BCUT2D eigenvalue weighted by Crippen LogP contribution is -2.16. The second-order valence-corrected chi connectivity index (χ2v) is 7.45. The summed E-state index contributed by atoms with van der Waals surface area (Å²) in [7, 11) is 5.48. The third kappa shape index (κ3) is 3.97. The number of hydrogen-bond donors (Lipinski definition) is 1. The van der Waals surface area contributed by atoms with Crippen molar-refractivity contribution in [1.82, 2.24) is 14.9 Å². The van der Waals surface area contributed by atoms with Crippen LogP contribution in [-0.4, -0.2) is 55.1 Å². The number of benzene rings is 2. The molecule has 0 atom stereocenters. The van der Waals surface area contributed by atoms with Crippen LogP contribution in [-0.2, 0) is 11.2 Å². The first-order valence-corrected chi connectivity index (χ1v) is 9.87. The van der Waals surface area contributed by atoms with Gasteiger partial charge in [-0.1, -0.05) is 24.3 Å². The zero-order valence-corrected chi connectivity index (χ0v) is 17.4. The maximum atomic E-state index is 12.4. The molecule has 1 aliphatic rings. The van der Waals surface area contributed by atoms with Gasteiger partial charge in [-0.25, -0.2) is 9.97 Å². The highest BCUT2D eigenvalue weighted by atomic mass is 16.5. The summed E-state index contributed by atoms with van der Waals surface area (Å²) in [6.45, 7) is 1.54. The molecule has 0 radical (unpaired) electrons. The Balaban J connectivity index is 1.71. The number of aromatic nitrogens is 2. The maximum Gasteiger partial charge on any atom is 0.248 e. The van der Waals surface area contributed by atoms with Crippen LogP contribution in [0.15, 0.2) is 54.9 Å². The third-order valence-corrected chi connectivity index (χ3v) is 5.08. The number of nitrogens with one attached hydrogen (secondary N) is 1. The van der Waals surface area contributed by atoms with Crippen molar-refractivity contribution in [3.05, 3.63) is 60.4 Å². The molecule has 0 bridgehead atoms. The predicted molar refractivity (Wildman–Crippen MR) is 120 cm³/mol. The van der Waals surface area contributed by atoms with Crippen LogP contribution in [0.5, 0.6) is 5.75 Å². The van der Waals surface area contributed by atoms with E-state index in [1.807, 2.05) is 43.3 Å². The van der Waals surface area contributed by atoms with Crippen LogP contribution in [0, 0.1) is 0 Å². The van der Waals surface area contributed by atoms with E-state index in [1.54, 1.807) is 13.4 Å². The number of amides is 1. The number of nitrogens with zero attached hydrogens (tertiary/aromatic N) is 4. The van der Waals surface area contributed by atoms with Crippen LogP contribution < -0.4 is 15.0 Å². The monoisotopic (exact) mass is 403 g/mol. The molecule has 0 unspecified atom stereocenters. The molecule has 0 saturated heterocycles. The number of carbonyl (C=O) groups excluding carboxylic acids is 1. The van der Waals surface area contributed by atoms with Crippen molar-refractivity contribution in [2.75, 3.05) is 44.5 Å². The summed E-state index contributed by atoms with van der Waals surface area (Å²) in [6.07, 6.45) is 5.89. The second-order valence-electron chi connectivity index (χ2n) is 7.45. The van der Waals surface area contributed by atoms with Crippen molar-refractivity contribution in [1.29, 1.82) is 0 Å². The Morgan fingerprint density at radius 1 is 1.27 bits per heavy atom. The number of ether oxygens (including phenoxy) is 1. The molecule has 7 nitrogen and oxygen atoms in total. The van der Waals surface area contributed by atoms with Crippen molar-refractivity contribution in [2.45, 2.75) is 6.42 Å². The molecular formula is C23H25N5O2. The molecule has 0 fully saturated rings. The molecule has 154 valence electrons. The van der Waals surface area contributed by atoms with Gasteiger partial charge in [0.15, 0.2) is 0 Å². The van der Waals surface area contributed by atoms with Gasteiger partial charge in [0.05, 0.1) is 18.3 Å². The Morgan fingerprint density at radius 3 is 2.90 bits per heavy atom. The number of anilines is 3. The van der Waals surface area contributed by atoms with E-state index in [-0.39, 0.29) is 5.91 Å². The van der Waals surface area contributed by atoms with Crippen LogP contribution in [0.3, 0.4) is 0 Å². The van der Waals surface area contributed by atoms with Gasteiger partial charge in [-0.2, -0.15) is 0 Å². The molecule has 0 aliphatic carbocycles. The van der Waals surface area contributed by atoms with Crippen LogP contribution in [0.25, 0.3) is 10.9 Å². The molecule has 3 aromatic rings. The Bertz CT molecular complexity index is 1110. The number of fused-ring (bicyclic) bond motifs is 2. The number of rotatable bonds is 6. The minimum absolute atomic E-state index is 0.209. The molecule has 0 spiro atoms. The van der Waals surface area contributed by atoms with E-state index in [0.29, 0.717) is 18.0 Å². The quantitative estimate of drug-likeness (QED) is 0.636. The minimum atomic E-state index is -0.209. The SMILES string of the molecule is COc1cc2ncnc(N3CCc4ccccc43)c2cc1NC(=O)/C=C/CN(C)C. The van der Waals surface area contributed by atoms with E-state index >= 15 is 0 Å². The molecule has 1 aliphatic heterocycles. The van der Waals surface area contributed by atoms with Gasteiger partial charge < -0.3 is 19.9 Å². The molecule has 2 aromatic carbocycles. The van der Waals surface area contributed by atoms with Gasteiger partial charge >= 0.3 is 0 Å². The summed E-state index contributed by atoms with van der Waals surface area (Å²) < 4.78 is 5.50. The van der Waals surface area contributed by atoms with Gasteiger partial charge in [-0.3, -0.25) is 4.79 Å². The number of para-hydroxylation sites is 1. The summed E-state index contributed by atoms with van der Waals surface area (Å²) >= 11 is 0. The molecule has 2 heterocycles. The number of carbonyl (C=O) groups is 1. The first-order chi connectivity index (χ1) is 14.6. The van der Waals surface area contributed by atoms with Crippen molar-refractivity contribution < 1.29 is 9.53 Å². The molecule has 0 saturated carbocycles. The van der Waals surface area contributed by atoms with E-state index in [4.69, 9.17) is 4.74 Å². The highest BCUT2D eigenvalue weighted by Crippen LogP contribution is 2.39. The van der Waals surface area contributed by atoms with Gasteiger partial charge in [-0.05, 0) is 38.2 Å². The van der Waals surface area contributed by atoms with Crippen LogP contribution in [0.1, 0.15) is 5.56 Å². The van der Waals surface area contributed by atoms with Gasteiger partial charge in [-0.15, -0.1) is 0 Å². The Hall–Kier alpha value is -3.45. The molecule has 1 amide bonds. The van der Waals surface area contributed by atoms with Crippen molar-refractivity contribution >= 4 is 34.0 Å². The standard InChI is InChI=1S/C23H25N5O2/c1-27(2)11-6-9-22(29)26-19-13-17-18(14-21(19)30-3)24-15-25-23(17)28-12-10-16-7-4-5-8-20(16)28/h4-9,13-15H,10-12H2,1-3H3,(H,26,29)/b9-6+. The Morgan fingerprint density at radius 2 is 2.10 bits per heavy atom. The van der Waals surface area contributed by atoms with E-state index in [9.17, 15) is 4.79 Å². The van der Waals surface area contributed by atoms with E-state index in [2.05, 4.69) is 38.4 Å². The van der Waals surface area contributed by atoms with Crippen molar-refractivity contribution in [3.8, 4) is 5.75 Å². The van der Waals surface area contributed by atoms with E-state index in [0.717, 1.165) is 35.4 Å². The minimum Gasteiger partial charge on any atom is -0.494 e. The highest BCUT2D eigenvalue weighted by molar-refractivity contribution is 6.03. The maximum absolute atomic E-state index is 12.4. The first-order valence-electron chi connectivity index (χ1n) is 9.87. The zero-order valence-electron chi connectivity index (χ0n) is 17.4. The summed E-state index contributed by atoms with van der Waals surface area (Å²) in [4.78, 5) is 25.6. The fourth-order valence-corrected chi connectivity index (χ4v) is 3.66. The van der Waals surface area contributed by atoms with Crippen LogP contribution in [0.4, 0.5) is 17.2 Å². The lowest BCUT2D eigenvalue weighted by atomic mass is 10.1. The summed E-state index contributed by atoms with van der Waals surface area (Å²) in [5.74, 6) is 1.18. The highest BCUT2D eigenvalue weighted by Gasteiger charge is 2.23. The zero-order chi connectivity index (χ0) is 21.1. The molecular weight excluding hydrogens is 378 g/mol. The molecule has 30 heavy (non-hydrogen) atoms. The summed E-state index contributed by atoms with van der Waals surface area (Å²) in [5.41, 5.74) is 3.82. The number of hydrogen-bond acceptors (Lipinski definition) is 6. The van der Waals surface area contributed by atoms with Crippen molar-refractivity contribution in [2.24, 2.45) is 0 Å². The van der Waals surface area contributed by atoms with E-state index < -0.39 is 0 Å². The van der Waals surface area contributed by atoms with Crippen molar-refractivity contribution in [3.63, 3.8) is 0 Å². The Kier molecular flexibility index (Phi) is 5.63. The normalized spacial score (nSPS) is 13.3. The van der Waals surface area contributed by atoms with Crippen LogP contribution >= 0.6 is 0 Å². The van der Waals surface area contributed by atoms with Gasteiger partial charge in [0.2, 0.25) is 5.91 Å². The molecule has 1 aromatic heterocycles. The van der Waals surface area contributed by atoms with Crippen LogP contribution in [0.2, 0.25) is 0 Å². The molecule has 4 rings (SSSR count). The second kappa shape index (κ2) is 8.51. The van der Waals surface area contributed by atoms with Gasteiger partial charge in [0.25, 0.3) is 0 Å². The lowest BCUT2D eigenvalue weighted by Gasteiger charge is -2.20. The molecule has 7 heteroatoms. The topological polar surface area (TPSA) is 70.6 Å². The Labute approximate surface area is 176 Å². The summed E-state index contributed by atoms with van der Waals surface area (Å²) in [6, 6.07) is 12.1. The smallest absolute Gasteiger partial charge is 0.248 e. The number of likely N-dealkylation sites (N-methyl/N-ethyl adjacent to an activating group) is 1. The van der Waals surface area contributed by atoms with Gasteiger partial charge in [0, 0.05) is 36.3 Å². The lowest BCUT2D eigenvalue weighted by molar-refractivity contribution is -0.111. The predicted octanol–water partition coefficient (Wildman–Crippen LogP) is 3.39. The van der Waals surface area contributed by atoms with E-state index in [1.165, 1.54) is 11.6 Å². The number of methoxy groups -OCH3 is 1. The largest absolute Gasteiger partial charge is 0.494 e. The molecule has 1 N–H and O–H groups in total. The average Bonchev–Trinajstić information content (AvgIpc) is 3.16. The van der Waals surface area contributed by atoms with Gasteiger partial charge in [0.1, 0.15) is 17.9 Å². The fourth-order valence-electron chi connectivity index (χ4n) is 3.66. The fraction of sp³-hybridized carbons (Fsp3) is 0.261. The third-order valence-electron chi connectivity index (χ3n) is 5.08.